The minimum atomic E-state index is -0.0652. The standard InChI is InChI=1S/C17H24Cl2N4O2/c1-20-16(24)10-22-17(21-2)23-5-3-12(4-6-23)11-25-15-8-13(18)7-14(19)9-15/h7-9,12H,3-6,10-11H2,1-2H3,(H,20,24)(H,21,22). The highest BCUT2D eigenvalue weighted by molar-refractivity contribution is 6.34. The second kappa shape index (κ2) is 9.73. The number of amides is 1. The number of likely N-dealkylation sites (tertiary alicyclic amines) is 1. The average Bonchev–Trinajstić information content (AvgIpc) is 2.60. The maximum atomic E-state index is 11.4. The molecular weight excluding hydrogens is 363 g/mol. The second-order valence-corrected chi connectivity index (χ2v) is 6.79. The molecule has 1 heterocycles. The van der Waals surface area contributed by atoms with Crippen LogP contribution in [0.2, 0.25) is 10.0 Å². The highest BCUT2D eigenvalue weighted by Crippen LogP contribution is 2.25. The smallest absolute Gasteiger partial charge is 0.239 e. The first kappa shape index (κ1) is 19.7. The molecule has 0 radical (unpaired) electrons. The van der Waals surface area contributed by atoms with Gasteiger partial charge in [0, 0.05) is 37.2 Å². The Labute approximate surface area is 158 Å². The van der Waals surface area contributed by atoms with E-state index in [9.17, 15) is 4.79 Å². The van der Waals surface area contributed by atoms with E-state index in [1.165, 1.54) is 0 Å². The maximum Gasteiger partial charge on any atom is 0.239 e. The van der Waals surface area contributed by atoms with Gasteiger partial charge in [0.05, 0.1) is 13.2 Å². The summed E-state index contributed by atoms with van der Waals surface area (Å²) in [5.41, 5.74) is 0. The molecular formula is C17H24Cl2N4O2. The fourth-order valence-corrected chi connectivity index (χ4v) is 3.22. The predicted octanol–water partition coefficient (Wildman–Crippen LogP) is 2.41. The molecule has 1 aliphatic heterocycles. The van der Waals surface area contributed by atoms with Crippen molar-refractivity contribution in [2.45, 2.75) is 12.8 Å². The molecule has 1 saturated heterocycles. The van der Waals surface area contributed by atoms with Gasteiger partial charge in [-0.15, -0.1) is 0 Å². The van der Waals surface area contributed by atoms with Crippen LogP contribution in [0.1, 0.15) is 12.8 Å². The third-order valence-electron chi connectivity index (χ3n) is 4.13. The van der Waals surface area contributed by atoms with E-state index in [0.717, 1.165) is 31.9 Å². The summed E-state index contributed by atoms with van der Waals surface area (Å²) in [6.45, 7) is 2.60. The number of nitrogens with one attached hydrogen (secondary N) is 2. The number of piperidine rings is 1. The number of likely N-dealkylation sites (N-methyl/N-ethyl adjacent to an activating group) is 1. The molecule has 1 aromatic rings. The van der Waals surface area contributed by atoms with Gasteiger partial charge in [-0.25, -0.2) is 0 Å². The lowest BCUT2D eigenvalue weighted by Gasteiger charge is -2.34. The van der Waals surface area contributed by atoms with Crippen LogP contribution in [0.25, 0.3) is 0 Å². The number of hydrogen-bond acceptors (Lipinski definition) is 3. The van der Waals surface area contributed by atoms with Gasteiger partial charge in [-0.1, -0.05) is 23.2 Å². The van der Waals surface area contributed by atoms with Crippen molar-refractivity contribution in [2.24, 2.45) is 10.9 Å². The van der Waals surface area contributed by atoms with Crippen LogP contribution < -0.4 is 15.4 Å². The summed E-state index contributed by atoms with van der Waals surface area (Å²) < 4.78 is 5.84. The quantitative estimate of drug-likeness (QED) is 0.602. The predicted molar refractivity (Wildman–Crippen MR) is 102 cm³/mol. The SMILES string of the molecule is CN=C(NCC(=O)NC)N1CCC(COc2cc(Cl)cc(Cl)c2)CC1. The van der Waals surface area contributed by atoms with E-state index in [1.807, 2.05) is 0 Å². The molecule has 1 aliphatic rings. The molecule has 1 fully saturated rings. The normalized spacial score (nSPS) is 15.8. The first-order valence-corrected chi connectivity index (χ1v) is 9.02. The number of ether oxygens (including phenoxy) is 1. The van der Waals surface area contributed by atoms with E-state index in [4.69, 9.17) is 27.9 Å². The molecule has 25 heavy (non-hydrogen) atoms. The Morgan fingerprint density at radius 1 is 1.28 bits per heavy atom. The molecule has 0 unspecified atom stereocenters. The molecule has 0 saturated carbocycles. The Bertz CT molecular complexity index is 596. The zero-order chi connectivity index (χ0) is 18.2. The van der Waals surface area contributed by atoms with Crippen LogP contribution in [0, 0.1) is 5.92 Å². The van der Waals surface area contributed by atoms with Crippen molar-refractivity contribution in [3.05, 3.63) is 28.2 Å². The molecule has 2 rings (SSSR count). The lowest BCUT2D eigenvalue weighted by atomic mass is 9.98. The number of benzene rings is 1. The summed E-state index contributed by atoms with van der Waals surface area (Å²) in [6, 6.07) is 5.23. The van der Waals surface area contributed by atoms with E-state index in [2.05, 4.69) is 20.5 Å². The van der Waals surface area contributed by atoms with Gasteiger partial charge in [0.1, 0.15) is 5.75 Å². The van der Waals surface area contributed by atoms with Crippen molar-refractivity contribution in [2.75, 3.05) is 40.3 Å². The Balaban J connectivity index is 1.77. The number of carbonyl (C=O) groups excluding carboxylic acids is 1. The molecule has 2 N–H and O–H groups in total. The minimum Gasteiger partial charge on any atom is -0.493 e. The van der Waals surface area contributed by atoms with Crippen molar-refractivity contribution < 1.29 is 9.53 Å². The molecule has 0 atom stereocenters. The van der Waals surface area contributed by atoms with Crippen molar-refractivity contribution in [1.82, 2.24) is 15.5 Å². The van der Waals surface area contributed by atoms with Crippen LogP contribution in [-0.2, 0) is 4.79 Å². The number of guanidine groups is 1. The van der Waals surface area contributed by atoms with Crippen molar-refractivity contribution in [3.63, 3.8) is 0 Å². The molecule has 0 bridgehead atoms. The van der Waals surface area contributed by atoms with Crippen LogP contribution in [-0.4, -0.2) is 57.1 Å². The van der Waals surface area contributed by atoms with Gasteiger partial charge in [0.15, 0.2) is 5.96 Å². The zero-order valence-corrected chi connectivity index (χ0v) is 16.0. The minimum absolute atomic E-state index is 0.0652. The van der Waals surface area contributed by atoms with Crippen LogP contribution in [0.5, 0.6) is 5.75 Å². The highest BCUT2D eigenvalue weighted by atomic mass is 35.5. The summed E-state index contributed by atoms with van der Waals surface area (Å²) in [4.78, 5) is 17.8. The van der Waals surface area contributed by atoms with Crippen LogP contribution in [0.4, 0.5) is 0 Å². The Kier molecular flexibility index (Phi) is 7.65. The third kappa shape index (κ3) is 6.29. The fraction of sp³-hybridized carbons (Fsp3) is 0.529. The van der Waals surface area contributed by atoms with Gasteiger partial charge in [-0.3, -0.25) is 9.79 Å². The van der Waals surface area contributed by atoms with E-state index in [1.54, 1.807) is 32.3 Å². The van der Waals surface area contributed by atoms with Crippen LogP contribution in [0.15, 0.2) is 23.2 Å². The molecule has 1 aromatic carbocycles. The monoisotopic (exact) mass is 386 g/mol. The zero-order valence-electron chi connectivity index (χ0n) is 14.5. The van der Waals surface area contributed by atoms with E-state index in [-0.39, 0.29) is 12.5 Å². The molecule has 0 spiro atoms. The lowest BCUT2D eigenvalue weighted by Crippen LogP contribution is -2.48. The fourth-order valence-electron chi connectivity index (χ4n) is 2.72. The number of rotatable bonds is 5. The van der Waals surface area contributed by atoms with Crippen LogP contribution in [0.3, 0.4) is 0 Å². The van der Waals surface area contributed by atoms with Gasteiger partial charge < -0.3 is 20.3 Å². The van der Waals surface area contributed by atoms with E-state index in [0.29, 0.717) is 28.3 Å². The number of aliphatic imine (C=N–C) groups is 1. The summed E-state index contributed by atoms with van der Waals surface area (Å²) in [5.74, 6) is 1.85. The Morgan fingerprint density at radius 3 is 2.48 bits per heavy atom. The largest absolute Gasteiger partial charge is 0.493 e. The lowest BCUT2D eigenvalue weighted by molar-refractivity contribution is -0.119. The summed E-state index contributed by atoms with van der Waals surface area (Å²) >= 11 is 12.0. The van der Waals surface area contributed by atoms with Gasteiger partial charge in [0.25, 0.3) is 0 Å². The van der Waals surface area contributed by atoms with E-state index < -0.39 is 0 Å². The number of carbonyl (C=O) groups is 1. The molecule has 1 amide bonds. The molecule has 138 valence electrons. The average molecular weight is 387 g/mol. The Morgan fingerprint density at radius 2 is 1.92 bits per heavy atom. The Hall–Kier alpha value is -1.66. The summed E-state index contributed by atoms with van der Waals surface area (Å²) in [6.07, 6.45) is 1.99. The molecule has 0 aliphatic carbocycles. The van der Waals surface area contributed by atoms with Gasteiger partial charge in [0.2, 0.25) is 5.91 Å². The number of hydrogen-bond donors (Lipinski definition) is 2. The molecule has 8 heteroatoms. The summed E-state index contributed by atoms with van der Waals surface area (Å²) in [5, 5.41) is 6.81. The molecule has 0 aromatic heterocycles. The number of nitrogens with zero attached hydrogens (tertiary/aromatic N) is 2. The highest BCUT2D eigenvalue weighted by Gasteiger charge is 2.22. The van der Waals surface area contributed by atoms with Gasteiger partial charge in [-0.05, 0) is 37.0 Å². The third-order valence-corrected chi connectivity index (χ3v) is 4.57. The van der Waals surface area contributed by atoms with Gasteiger partial charge >= 0.3 is 0 Å². The number of halogens is 2. The van der Waals surface area contributed by atoms with E-state index >= 15 is 0 Å². The van der Waals surface area contributed by atoms with Crippen molar-refractivity contribution >= 4 is 35.1 Å². The van der Waals surface area contributed by atoms with Crippen LogP contribution >= 0.6 is 23.2 Å². The molecule has 6 nitrogen and oxygen atoms in total. The van der Waals surface area contributed by atoms with Crippen molar-refractivity contribution in [1.29, 1.82) is 0 Å². The van der Waals surface area contributed by atoms with Gasteiger partial charge in [-0.2, -0.15) is 0 Å². The first-order chi connectivity index (χ1) is 12.0. The second-order valence-electron chi connectivity index (χ2n) is 5.92. The first-order valence-electron chi connectivity index (χ1n) is 8.27. The maximum absolute atomic E-state index is 11.4. The van der Waals surface area contributed by atoms with Crippen molar-refractivity contribution in [3.8, 4) is 5.75 Å². The topological polar surface area (TPSA) is 66.0 Å². The summed E-state index contributed by atoms with van der Waals surface area (Å²) in [7, 11) is 3.34.